The highest BCUT2D eigenvalue weighted by atomic mass is 19.1. The van der Waals surface area contributed by atoms with Crippen molar-refractivity contribution in [3.05, 3.63) is 76.9 Å². The Morgan fingerprint density at radius 3 is 2.42 bits per heavy atom. The Morgan fingerprint density at radius 2 is 1.77 bits per heavy atom. The Balaban J connectivity index is 1.72. The lowest BCUT2D eigenvalue weighted by atomic mass is 9.75. The van der Waals surface area contributed by atoms with Gasteiger partial charge in [0.2, 0.25) is 0 Å². The number of nitrogens with one attached hydrogen (secondary N) is 1. The van der Waals surface area contributed by atoms with E-state index in [1.807, 2.05) is 6.92 Å². The average molecular weight is 428 g/mol. The van der Waals surface area contributed by atoms with Gasteiger partial charge < -0.3 is 10.4 Å². The second-order valence-electron chi connectivity index (χ2n) is 9.10. The van der Waals surface area contributed by atoms with Crippen LogP contribution in [-0.2, 0) is 12.0 Å². The highest BCUT2D eigenvalue weighted by Gasteiger charge is 2.34. The third-order valence-electron chi connectivity index (χ3n) is 6.80. The van der Waals surface area contributed by atoms with Crippen LogP contribution in [0.25, 0.3) is 5.57 Å². The number of aliphatic hydroxyl groups excluding tert-OH is 1. The summed E-state index contributed by atoms with van der Waals surface area (Å²) in [5.41, 5.74) is 4.19. The summed E-state index contributed by atoms with van der Waals surface area (Å²) in [5.74, 6) is -1.27. The second-order valence-corrected chi connectivity index (χ2v) is 9.10. The molecule has 2 aromatic rings. The molecule has 1 fully saturated rings. The molecule has 2 nitrogen and oxygen atoms in total. The van der Waals surface area contributed by atoms with Gasteiger partial charge in [0.05, 0.1) is 6.10 Å². The molecule has 1 saturated carbocycles. The normalized spacial score (nSPS) is 18.6. The first-order valence-electron chi connectivity index (χ1n) is 11.4. The zero-order chi connectivity index (χ0) is 22.4. The molecule has 0 amide bonds. The van der Waals surface area contributed by atoms with Gasteiger partial charge in [0.1, 0.15) is 11.6 Å². The summed E-state index contributed by atoms with van der Waals surface area (Å²) in [6.45, 7) is 6.56. The summed E-state index contributed by atoms with van der Waals surface area (Å²) < 4.78 is 27.0. The van der Waals surface area contributed by atoms with Gasteiger partial charge in [-0.15, -0.1) is 0 Å². The predicted molar refractivity (Wildman–Crippen MR) is 124 cm³/mol. The standard InChI is InChI=1S/C27H35F2NO/c1-4-19(2)22-9-8-10-23(16-22)27(11-6-5-7-12-27)30-18-26(31)20(3)13-21-14-24(28)17-25(29)15-21/h4,8-10,14-17,20,26,30-31H,5-7,11-13,18H2,1-3H3/b19-4-. The lowest BCUT2D eigenvalue weighted by Crippen LogP contribution is -2.48. The van der Waals surface area contributed by atoms with Crippen molar-refractivity contribution in [1.82, 2.24) is 5.32 Å². The molecule has 0 radical (unpaired) electrons. The van der Waals surface area contributed by atoms with Crippen molar-refractivity contribution in [2.75, 3.05) is 6.54 Å². The minimum absolute atomic E-state index is 0.119. The number of aliphatic hydroxyl groups is 1. The van der Waals surface area contributed by atoms with Crippen molar-refractivity contribution in [3.8, 4) is 0 Å². The molecule has 4 heteroatoms. The van der Waals surface area contributed by atoms with Gasteiger partial charge in [-0.1, -0.05) is 50.5 Å². The highest BCUT2D eigenvalue weighted by Crippen LogP contribution is 2.38. The largest absolute Gasteiger partial charge is 0.392 e. The zero-order valence-corrected chi connectivity index (χ0v) is 18.9. The third-order valence-corrected chi connectivity index (χ3v) is 6.80. The fourth-order valence-corrected chi connectivity index (χ4v) is 4.69. The molecule has 1 aliphatic carbocycles. The van der Waals surface area contributed by atoms with Gasteiger partial charge in [0.25, 0.3) is 0 Å². The first-order valence-corrected chi connectivity index (χ1v) is 11.4. The Labute approximate surface area is 185 Å². The van der Waals surface area contributed by atoms with E-state index < -0.39 is 17.7 Å². The van der Waals surface area contributed by atoms with Gasteiger partial charge in [-0.2, -0.15) is 0 Å². The molecule has 1 aliphatic rings. The van der Waals surface area contributed by atoms with Crippen LogP contribution in [0.2, 0.25) is 0 Å². The van der Waals surface area contributed by atoms with Gasteiger partial charge >= 0.3 is 0 Å². The van der Waals surface area contributed by atoms with E-state index in [4.69, 9.17) is 0 Å². The smallest absolute Gasteiger partial charge is 0.126 e. The molecule has 0 saturated heterocycles. The van der Waals surface area contributed by atoms with Gasteiger partial charge in [0.15, 0.2) is 0 Å². The van der Waals surface area contributed by atoms with Crippen molar-refractivity contribution >= 4 is 5.57 Å². The topological polar surface area (TPSA) is 32.3 Å². The van der Waals surface area contributed by atoms with Crippen molar-refractivity contribution in [2.45, 2.75) is 70.9 Å². The first-order chi connectivity index (χ1) is 14.8. The maximum Gasteiger partial charge on any atom is 0.126 e. The van der Waals surface area contributed by atoms with E-state index >= 15 is 0 Å². The highest BCUT2D eigenvalue weighted by molar-refractivity contribution is 5.64. The number of hydrogen-bond donors (Lipinski definition) is 2. The molecular formula is C27H35F2NO. The van der Waals surface area contributed by atoms with Crippen LogP contribution in [0.5, 0.6) is 0 Å². The third kappa shape index (κ3) is 6.02. The monoisotopic (exact) mass is 427 g/mol. The molecule has 2 N–H and O–H groups in total. The number of halogens is 2. The molecule has 0 spiro atoms. The molecule has 2 atom stereocenters. The molecule has 31 heavy (non-hydrogen) atoms. The van der Waals surface area contributed by atoms with E-state index in [9.17, 15) is 13.9 Å². The van der Waals surface area contributed by atoms with Crippen LogP contribution in [0.1, 0.15) is 69.6 Å². The van der Waals surface area contributed by atoms with Crippen molar-refractivity contribution in [1.29, 1.82) is 0 Å². The fourth-order valence-electron chi connectivity index (χ4n) is 4.69. The van der Waals surface area contributed by atoms with Crippen LogP contribution in [-0.4, -0.2) is 17.8 Å². The Hall–Kier alpha value is -2.04. The average Bonchev–Trinajstić information content (AvgIpc) is 2.77. The maximum atomic E-state index is 13.5. The maximum absolute atomic E-state index is 13.5. The van der Waals surface area contributed by atoms with Crippen LogP contribution in [0.3, 0.4) is 0 Å². The molecule has 168 valence electrons. The van der Waals surface area contributed by atoms with Crippen LogP contribution >= 0.6 is 0 Å². The number of hydrogen-bond acceptors (Lipinski definition) is 2. The molecule has 0 aromatic heterocycles. The van der Waals surface area contributed by atoms with Crippen LogP contribution < -0.4 is 5.32 Å². The quantitative estimate of drug-likeness (QED) is 0.512. The summed E-state index contributed by atoms with van der Waals surface area (Å²) in [4.78, 5) is 0. The van der Waals surface area contributed by atoms with E-state index in [-0.39, 0.29) is 11.5 Å². The molecule has 2 aromatic carbocycles. The van der Waals surface area contributed by atoms with Crippen molar-refractivity contribution < 1.29 is 13.9 Å². The van der Waals surface area contributed by atoms with Gasteiger partial charge in [-0.05, 0) is 79.5 Å². The van der Waals surface area contributed by atoms with Crippen LogP contribution in [0, 0.1) is 17.6 Å². The molecular weight excluding hydrogens is 392 g/mol. The van der Waals surface area contributed by atoms with Crippen molar-refractivity contribution in [3.63, 3.8) is 0 Å². The summed E-state index contributed by atoms with van der Waals surface area (Å²) >= 11 is 0. The Kier molecular flexibility index (Phi) is 8.01. The van der Waals surface area contributed by atoms with Gasteiger partial charge in [-0.3, -0.25) is 0 Å². The SMILES string of the molecule is C/C=C(/C)c1cccc(C2(NCC(O)C(C)Cc3cc(F)cc(F)c3)CCCCC2)c1. The lowest BCUT2D eigenvalue weighted by molar-refractivity contribution is 0.0947. The van der Waals surface area contributed by atoms with E-state index in [1.54, 1.807) is 0 Å². The predicted octanol–water partition coefficient (Wildman–Crippen LogP) is 6.38. The van der Waals surface area contributed by atoms with Gasteiger partial charge in [-0.25, -0.2) is 8.78 Å². The molecule has 3 rings (SSSR count). The number of rotatable bonds is 8. The first kappa shape index (κ1) is 23.6. The summed E-state index contributed by atoms with van der Waals surface area (Å²) in [7, 11) is 0. The molecule has 0 heterocycles. The zero-order valence-electron chi connectivity index (χ0n) is 18.9. The van der Waals surface area contributed by atoms with E-state index in [0.717, 1.165) is 31.7 Å². The number of allylic oxidation sites excluding steroid dienone is 2. The summed E-state index contributed by atoms with van der Waals surface area (Å²) in [6.07, 6.45) is 7.60. The van der Waals surface area contributed by atoms with Gasteiger partial charge in [0, 0.05) is 18.2 Å². The Bertz CT molecular complexity index is 882. The van der Waals surface area contributed by atoms with E-state index in [1.165, 1.54) is 35.3 Å². The van der Waals surface area contributed by atoms with E-state index in [2.05, 4.69) is 49.5 Å². The molecule has 2 unspecified atom stereocenters. The Morgan fingerprint density at radius 1 is 1.10 bits per heavy atom. The summed E-state index contributed by atoms with van der Waals surface area (Å²) in [5, 5.41) is 14.5. The fraction of sp³-hybridized carbons (Fsp3) is 0.481. The second kappa shape index (κ2) is 10.5. The van der Waals surface area contributed by atoms with Crippen LogP contribution in [0.15, 0.2) is 48.5 Å². The van der Waals surface area contributed by atoms with E-state index in [0.29, 0.717) is 18.5 Å². The lowest BCUT2D eigenvalue weighted by Gasteiger charge is -2.40. The molecule has 0 bridgehead atoms. The summed E-state index contributed by atoms with van der Waals surface area (Å²) in [6, 6.07) is 12.3. The minimum atomic E-state index is -0.606. The van der Waals surface area contributed by atoms with Crippen molar-refractivity contribution in [2.24, 2.45) is 5.92 Å². The minimum Gasteiger partial charge on any atom is -0.392 e. The molecule has 0 aliphatic heterocycles. The number of benzene rings is 2. The van der Waals surface area contributed by atoms with Crippen LogP contribution in [0.4, 0.5) is 8.78 Å².